The summed E-state index contributed by atoms with van der Waals surface area (Å²) < 4.78 is 12.2. The van der Waals surface area contributed by atoms with Crippen molar-refractivity contribution in [1.82, 2.24) is 5.32 Å². The third-order valence-electron chi connectivity index (χ3n) is 3.56. The zero-order valence-electron chi connectivity index (χ0n) is 9.00. The topological polar surface area (TPSA) is 29.1 Å². The Morgan fingerprint density at radius 2 is 2.07 bits per heavy atom. The van der Waals surface area contributed by atoms with Crippen LogP contribution in [-0.4, -0.2) is 27.8 Å². The molecule has 1 aliphatic heterocycles. The fraction of sp³-hybridized carbons (Fsp3) is 1.00. The van der Waals surface area contributed by atoms with Crippen LogP contribution in [0.25, 0.3) is 0 Å². The molecule has 2 nitrogen and oxygen atoms in total. The molecular weight excluding hydrogens is 194 g/mol. The Kier molecular flexibility index (Phi) is 3.61. The van der Waals surface area contributed by atoms with Gasteiger partial charge in [-0.25, -0.2) is 0 Å². The highest BCUT2D eigenvalue weighted by atomic mass is 32.2. The van der Waals surface area contributed by atoms with Crippen LogP contribution < -0.4 is 5.32 Å². The SMILES string of the molecule is CC1CCCC(S(=O)C2CCNC2)C1. The van der Waals surface area contributed by atoms with Gasteiger partial charge < -0.3 is 5.32 Å². The van der Waals surface area contributed by atoms with Crippen molar-refractivity contribution in [3.63, 3.8) is 0 Å². The standard InChI is InChI=1S/C11H21NOS/c1-9-3-2-4-10(7-9)14(13)11-5-6-12-8-11/h9-12H,2-8H2,1H3. The van der Waals surface area contributed by atoms with Crippen molar-refractivity contribution in [2.45, 2.75) is 49.5 Å². The Morgan fingerprint density at radius 1 is 1.21 bits per heavy atom. The fourth-order valence-electron chi connectivity index (χ4n) is 2.69. The number of hydrogen-bond donors (Lipinski definition) is 1. The van der Waals surface area contributed by atoms with Gasteiger partial charge in [-0.3, -0.25) is 4.21 Å². The van der Waals surface area contributed by atoms with E-state index in [4.69, 9.17) is 0 Å². The van der Waals surface area contributed by atoms with Gasteiger partial charge >= 0.3 is 0 Å². The van der Waals surface area contributed by atoms with E-state index in [2.05, 4.69) is 12.2 Å². The zero-order valence-corrected chi connectivity index (χ0v) is 9.81. The third kappa shape index (κ3) is 2.37. The van der Waals surface area contributed by atoms with Gasteiger partial charge in [0.1, 0.15) is 0 Å². The summed E-state index contributed by atoms with van der Waals surface area (Å²) in [6.45, 7) is 4.35. The Hall–Kier alpha value is 0.110. The highest BCUT2D eigenvalue weighted by molar-refractivity contribution is 7.86. The maximum atomic E-state index is 12.2. The van der Waals surface area contributed by atoms with Gasteiger partial charge in [0.15, 0.2) is 0 Å². The zero-order chi connectivity index (χ0) is 9.97. The number of rotatable bonds is 2. The Morgan fingerprint density at radius 3 is 2.71 bits per heavy atom. The van der Waals surface area contributed by atoms with Gasteiger partial charge in [-0.2, -0.15) is 0 Å². The number of hydrogen-bond acceptors (Lipinski definition) is 2. The summed E-state index contributed by atoms with van der Waals surface area (Å²) >= 11 is 0. The average molecular weight is 215 g/mol. The van der Waals surface area contributed by atoms with Crippen molar-refractivity contribution in [2.24, 2.45) is 5.92 Å². The predicted octanol–water partition coefficient (Wildman–Crippen LogP) is 1.68. The molecule has 1 saturated heterocycles. The van der Waals surface area contributed by atoms with Crippen molar-refractivity contribution in [3.8, 4) is 0 Å². The second-order valence-electron chi connectivity index (χ2n) is 4.84. The summed E-state index contributed by atoms with van der Waals surface area (Å²) in [6, 6.07) is 0. The van der Waals surface area contributed by atoms with E-state index in [9.17, 15) is 4.21 Å². The molecule has 1 aliphatic carbocycles. The molecule has 2 fully saturated rings. The van der Waals surface area contributed by atoms with Gasteiger partial charge in [0.25, 0.3) is 0 Å². The first kappa shape index (κ1) is 10.6. The molecule has 3 heteroatoms. The highest BCUT2D eigenvalue weighted by Gasteiger charge is 2.30. The Balaban J connectivity index is 1.89. The van der Waals surface area contributed by atoms with E-state index in [1.807, 2.05) is 0 Å². The molecule has 2 aliphatic rings. The maximum absolute atomic E-state index is 12.2. The quantitative estimate of drug-likeness (QED) is 0.759. The molecular formula is C11H21NOS. The first-order chi connectivity index (χ1) is 6.77. The predicted molar refractivity (Wildman–Crippen MR) is 60.8 cm³/mol. The van der Waals surface area contributed by atoms with Crippen molar-refractivity contribution in [1.29, 1.82) is 0 Å². The second kappa shape index (κ2) is 4.75. The first-order valence-electron chi connectivity index (χ1n) is 5.87. The van der Waals surface area contributed by atoms with E-state index in [1.54, 1.807) is 0 Å². The summed E-state index contributed by atoms with van der Waals surface area (Å²) in [7, 11) is -0.565. The van der Waals surface area contributed by atoms with Gasteiger partial charge in [0, 0.05) is 27.8 Å². The molecule has 0 amide bonds. The van der Waals surface area contributed by atoms with E-state index in [0.717, 1.165) is 25.4 Å². The Bertz CT molecular complexity index is 213. The van der Waals surface area contributed by atoms with Crippen LogP contribution in [0.3, 0.4) is 0 Å². The summed E-state index contributed by atoms with van der Waals surface area (Å²) in [6.07, 6.45) is 6.16. The van der Waals surface area contributed by atoms with Crippen LogP contribution in [-0.2, 0) is 10.8 Å². The van der Waals surface area contributed by atoms with Crippen LogP contribution in [0, 0.1) is 5.92 Å². The third-order valence-corrected chi connectivity index (χ3v) is 5.71. The van der Waals surface area contributed by atoms with Gasteiger partial charge in [0.2, 0.25) is 0 Å². The van der Waals surface area contributed by atoms with Crippen LogP contribution in [0.4, 0.5) is 0 Å². The molecule has 4 unspecified atom stereocenters. The lowest BCUT2D eigenvalue weighted by atomic mass is 9.91. The number of nitrogens with one attached hydrogen (secondary N) is 1. The molecule has 0 aromatic heterocycles. The molecule has 2 rings (SSSR count). The van der Waals surface area contributed by atoms with E-state index >= 15 is 0 Å². The minimum Gasteiger partial charge on any atom is -0.315 e. The summed E-state index contributed by atoms with van der Waals surface area (Å²) in [5, 5.41) is 4.26. The molecule has 4 atom stereocenters. The maximum Gasteiger partial charge on any atom is 0.0487 e. The lowest BCUT2D eigenvalue weighted by molar-refractivity contribution is 0.388. The first-order valence-corrected chi connectivity index (χ1v) is 7.15. The van der Waals surface area contributed by atoms with Crippen molar-refractivity contribution in [2.75, 3.05) is 13.1 Å². The van der Waals surface area contributed by atoms with Crippen molar-refractivity contribution in [3.05, 3.63) is 0 Å². The second-order valence-corrected chi connectivity index (χ2v) is 6.83. The van der Waals surface area contributed by atoms with Crippen LogP contribution in [0.2, 0.25) is 0 Å². The molecule has 1 saturated carbocycles. The molecule has 0 spiro atoms. The average Bonchev–Trinajstić information content (AvgIpc) is 2.69. The lowest BCUT2D eigenvalue weighted by Gasteiger charge is -2.27. The van der Waals surface area contributed by atoms with E-state index in [1.165, 1.54) is 25.7 Å². The van der Waals surface area contributed by atoms with Crippen molar-refractivity contribution < 1.29 is 4.21 Å². The van der Waals surface area contributed by atoms with Gasteiger partial charge in [-0.1, -0.05) is 19.8 Å². The molecule has 14 heavy (non-hydrogen) atoms. The minimum atomic E-state index is -0.565. The fourth-order valence-corrected chi connectivity index (χ4v) is 4.78. The largest absolute Gasteiger partial charge is 0.315 e. The molecule has 0 radical (unpaired) electrons. The molecule has 82 valence electrons. The molecule has 1 N–H and O–H groups in total. The van der Waals surface area contributed by atoms with Gasteiger partial charge in [-0.05, 0) is 31.7 Å². The van der Waals surface area contributed by atoms with Crippen molar-refractivity contribution >= 4 is 10.8 Å². The Labute approximate surface area is 89.3 Å². The smallest absolute Gasteiger partial charge is 0.0487 e. The summed E-state index contributed by atoms with van der Waals surface area (Å²) in [5.74, 6) is 0.798. The van der Waals surface area contributed by atoms with E-state index < -0.39 is 10.8 Å². The minimum absolute atomic E-state index is 0.449. The van der Waals surface area contributed by atoms with Crippen LogP contribution >= 0.6 is 0 Å². The molecule has 0 bridgehead atoms. The molecule has 0 aromatic rings. The summed E-state index contributed by atoms with van der Waals surface area (Å²) in [4.78, 5) is 0. The monoisotopic (exact) mass is 215 g/mol. The van der Waals surface area contributed by atoms with Crippen LogP contribution in [0.1, 0.15) is 39.0 Å². The van der Waals surface area contributed by atoms with E-state index in [-0.39, 0.29) is 0 Å². The molecule has 0 aromatic carbocycles. The van der Waals surface area contributed by atoms with E-state index in [0.29, 0.717) is 10.5 Å². The highest BCUT2D eigenvalue weighted by Crippen LogP contribution is 2.29. The van der Waals surface area contributed by atoms with Crippen LogP contribution in [0.15, 0.2) is 0 Å². The lowest BCUT2D eigenvalue weighted by Crippen LogP contribution is -2.31. The summed E-state index contributed by atoms with van der Waals surface area (Å²) in [5.41, 5.74) is 0. The van der Waals surface area contributed by atoms with Gasteiger partial charge in [0.05, 0.1) is 0 Å². The molecule has 1 heterocycles. The van der Waals surface area contributed by atoms with Crippen LogP contribution in [0.5, 0.6) is 0 Å². The normalized spacial score (nSPS) is 41.1. The van der Waals surface area contributed by atoms with Gasteiger partial charge in [-0.15, -0.1) is 0 Å².